The molecule has 0 aromatic carbocycles. The first-order valence-corrected chi connectivity index (χ1v) is 4.46. The Balaban J connectivity index is 2.79. The summed E-state index contributed by atoms with van der Waals surface area (Å²) >= 11 is 0. The van der Waals surface area contributed by atoms with Crippen LogP contribution < -0.4 is 5.73 Å². The van der Waals surface area contributed by atoms with Gasteiger partial charge in [-0.3, -0.25) is 4.68 Å². The number of aliphatic hydroxyl groups is 1. The summed E-state index contributed by atoms with van der Waals surface area (Å²) in [5.41, 5.74) is 6.06. The van der Waals surface area contributed by atoms with Crippen LogP contribution in [0.2, 0.25) is 0 Å². The summed E-state index contributed by atoms with van der Waals surface area (Å²) in [5, 5.41) is 13.4. The van der Waals surface area contributed by atoms with Crippen LogP contribution >= 0.6 is 0 Å². The van der Waals surface area contributed by atoms with Crippen molar-refractivity contribution in [2.24, 2.45) is 5.73 Å². The molecule has 0 saturated carbocycles. The van der Waals surface area contributed by atoms with Crippen LogP contribution in [0.5, 0.6) is 0 Å². The van der Waals surface area contributed by atoms with Gasteiger partial charge >= 0.3 is 0 Å². The molecule has 0 aliphatic carbocycles. The van der Waals surface area contributed by atoms with Crippen molar-refractivity contribution in [2.45, 2.75) is 25.8 Å². The van der Waals surface area contributed by atoms with Crippen LogP contribution in [-0.4, -0.2) is 28.0 Å². The van der Waals surface area contributed by atoms with E-state index in [4.69, 9.17) is 10.8 Å². The Kier molecular flexibility index (Phi) is 3.06. The SMILES string of the molecule is CC(C)(CO)n1ccc(CCN)n1. The number of aromatic nitrogens is 2. The van der Waals surface area contributed by atoms with Gasteiger partial charge in [0.1, 0.15) is 0 Å². The van der Waals surface area contributed by atoms with E-state index in [1.54, 1.807) is 4.68 Å². The molecule has 0 spiro atoms. The van der Waals surface area contributed by atoms with E-state index in [2.05, 4.69) is 5.10 Å². The van der Waals surface area contributed by atoms with Crippen molar-refractivity contribution >= 4 is 0 Å². The minimum absolute atomic E-state index is 0.0801. The Morgan fingerprint density at radius 3 is 2.85 bits per heavy atom. The third kappa shape index (κ3) is 2.29. The summed E-state index contributed by atoms with van der Waals surface area (Å²) < 4.78 is 1.78. The van der Waals surface area contributed by atoms with Gasteiger partial charge in [-0.2, -0.15) is 5.10 Å². The number of aliphatic hydroxyl groups excluding tert-OH is 1. The van der Waals surface area contributed by atoms with Crippen molar-refractivity contribution in [3.8, 4) is 0 Å². The lowest BCUT2D eigenvalue weighted by atomic mass is 10.1. The van der Waals surface area contributed by atoms with Gasteiger partial charge in [-0.05, 0) is 26.5 Å². The fourth-order valence-corrected chi connectivity index (χ4v) is 1.05. The molecular formula is C9H17N3O. The van der Waals surface area contributed by atoms with Gasteiger partial charge < -0.3 is 10.8 Å². The third-order valence-electron chi connectivity index (χ3n) is 2.05. The second-order valence-electron chi connectivity index (χ2n) is 3.76. The second-order valence-corrected chi connectivity index (χ2v) is 3.76. The van der Waals surface area contributed by atoms with Gasteiger partial charge in [0.2, 0.25) is 0 Å². The fourth-order valence-electron chi connectivity index (χ4n) is 1.05. The summed E-state index contributed by atoms with van der Waals surface area (Å²) in [4.78, 5) is 0. The van der Waals surface area contributed by atoms with Crippen LogP contribution in [0.3, 0.4) is 0 Å². The molecule has 4 heteroatoms. The Labute approximate surface area is 78.4 Å². The maximum absolute atomic E-state index is 9.10. The van der Waals surface area contributed by atoms with Crippen LogP contribution in [0, 0.1) is 0 Å². The number of nitrogens with zero attached hydrogens (tertiary/aromatic N) is 2. The average molecular weight is 183 g/mol. The van der Waals surface area contributed by atoms with E-state index in [0.29, 0.717) is 6.54 Å². The van der Waals surface area contributed by atoms with E-state index in [1.807, 2.05) is 26.1 Å². The van der Waals surface area contributed by atoms with Gasteiger partial charge in [0, 0.05) is 12.6 Å². The van der Waals surface area contributed by atoms with E-state index in [-0.39, 0.29) is 12.1 Å². The van der Waals surface area contributed by atoms with E-state index < -0.39 is 0 Å². The topological polar surface area (TPSA) is 64.1 Å². The van der Waals surface area contributed by atoms with Crippen molar-refractivity contribution in [1.82, 2.24) is 9.78 Å². The largest absolute Gasteiger partial charge is 0.394 e. The molecule has 0 unspecified atom stereocenters. The molecule has 0 amide bonds. The van der Waals surface area contributed by atoms with Crippen molar-refractivity contribution in [3.05, 3.63) is 18.0 Å². The highest BCUT2D eigenvalue weighted by Gasteiger charge is 2.19. The Morgan fingerprint density at radius 1 is 1.62 bits per heavy atom. The maximum atomic E-state index is 9.10. The molecule has 0 bridgehead atoms. The molecule has 13 heavy (non-hydrogen) atoms. The van der Waals surface area contributed by atoms with Crippen molar-refractivity contribution in [2.75, 3.05) is 13.2 Å². The smallest absolute Gasteiger partial charge is 0.0801 e. The van der Waals surface area contributed by atoms with Gasteiger partial charge in [-0.15, -0.1) is 0 Å². The quantitative estimate of drug-likeness (QED) is 0.696. The van der Waals surface area contributed by atoms with Crippen LogP contribution in [0.25, 0.3) is 0 Å². The van der Waals surface area contributed by atoms with E-state index in [1.165, 1.54) is 0 Å². The Morgan fingerprint density at radius 2 is 2.31 bits per heavy atom. The molecule has 1 aromatic heterocycles. The Bertz CT molecular complexity index is 268. The Hall–Kier alpha value is -0.870. The average Bonchev–Trinajstić information content (AvgIpc) is 2.54. The number of rotatable bonds is 4. The molecular weight excluding hydrogens is 166 g/mol. The minimum Gasteiger partial charge on any atom is -0.394 e. The molecule has 0 atom stereocenters. The monoisotopic (exact) mass is 183 g/mol. The lowest BCUT2D eigenvalue weighted by Gasteiger charge is -2.22. The van der Waals surface area contributed by atoms with Crippen molar-refractivity contribution in [3.63, 3.8) is 0 Å². The zero-order chi connectivity index (χ0) is 9.90. The summed E-state index contributed by atoms with van der Waals surface area (Å²) in [6, 6.07) is 1.93. The van der Waals surface area contributed by atoms with Gasteiger partial charge in [0.15, 0.2) is 0 Å². The first-order valence-electron chi connectivity index (χ1n) is 4.46. The summed E-state index contributed by atoms with van der Waals surface area (Å²) in [7, 11) is 0. The number of hydrogen-bond donors (Lipinski definition) is 2. The van der Waals surface area contributed by atoms with Crippen molar-refractivity contribution < 1.29 is 5.11 Å². The van der Waals surface area contributed by atoms with E-state index in [0.717, 1.165) is 12.1 Å². The molecule has 1 aromatic rings. The zero-order valence-electron chi connectivity index (χ0n) is 8.20. The number of nitrogens with two attached hydrogens (primary N) is 1. The predicted octanol–water partition coefficient (Wildman–Crippen LogP) is 0.112. The van der Waals surface area contributed by atoms with Crippen LogP contribution in [-0.2, 0) is 12.0 Å². The molecule has 0 aliphatic rings. The molecule has 74 valence electrons. The zero-order valence-corrected chi connectivity index (χ0v) is 8.20. The normalized spacial score (nSPS) is 12.0. The highest BCUT2D eigenvalue weighted by molar-refractivity contribution is 5.01. The molecule has 4 nitrogen and oxygen atoms in total. The van der Waals surface area contributed by atoms with Crippen LogP contribution in [0.15, 0.2) is 12.3 Å². The van der Waals surface area contributed by atoms with Gasteiger partial charge in [0.25, 0.3) is 0 Å². The highest BCUT2D eigenvalue weighted by Crippen LogP contribution is 2.13. The second kappa shape index (κ2) is 3.89. The first kappa shape index (κ1) is 10.2. The van der Waals surface area contributed by atoms with Crippen LogP contribution in [0.4, 0.5) is 0 Å². The third-order valence-corrected chi connectivity index (χ3v) is 2.05. The summed E-state index contributed by atoms with van der Waals surface area (Å²) in [6.45, 7) is 4.56. The van der Waals surface area contributed by atoms with E-state index in [9.17, 15) is 0 Å². The molecule has 0 radical (unpaired) electrons. The molecule has 1 rings (SSSR count). The van der Waals surface area contributed by atoms with Gasteiger partial charge in [-0.25, -0.2) is 0 Å². The molecule has 0 aliphatic heterocycles. The lowest BCUT2D eigenvalue weighted by Crippen LogP contribution is -2.31. The van der Waals surface area contributed by atoms with E-state index >= 15 is 0 Å². The maximum Gasteiger partial charge on any atom is 0.0801 e. The first-order chi connectivity index (χ1) is 6.10. The predicted molar refractivity (Wildman–Crippen MR) is 51.4 cm³/mol. The molecule has 0 fully saturated rings. The summed E-state index contributed by atoms with van der Waals surface area (Å²) in [6.07, 6.45) is 2.66. The van der Waals surface area contributed by atoms with Crippen molar-refractivity contribution in [1.29, 1.82) is 0 Å². The number of hydrogen-bond acceptors (Lipinski definition) is 3. The molecule has 0 saturated heterocycles. The molecule has 3 N–H and O–H groups in total. The summed E-state index contributed by atoms with van der Waals surface area (Å²) in [5.74, 6) is 0. The highest BCUT2D eigenvalue weighted by atomic mass is 16.3. The molecule has 1 heterocycles. The fraction of sp³-hybridized carbons (Fsp3) is 0.667. The van der Waals surface area contributed by atoms with Crippen LogP contribution in [0.1, 0.15) is 19.5 Å². The van der Waals surface area contributed by atoms with Gasteiger partial charge in [-0.1, -0.05) is 0 Å². The lowest BCUT2D eigenvalue weighted by molar-refractivity contribution is 0.151. The standard InChI is InChI=1S/C9H17N3O/c1-9(2,7-13)12-6-4-8(11-12)3-5-10/h4,6,13H,3,5,7,10H2,1-2H3. The minimum atomic E-state index is -0.327. The van der Waals surface area contributed by atoms with Gasteiger partial charge in [0.05, 0.1) is 17.8 Å².